The molecule has 2 aliphatic rings. The molecule has 2 aromatic rings. The first-order valence-electron chi connectivity index (χ1n) is 9.12. The average Bonchev–Trinajstić information content (AvgIpc) is 3.47. The summed E-state index contributed by atoms with van der Waals surface area (Å²) in [5.41, 5.74) is 2.16. The number of hydrogen-bond acceptors (Lipinski definition) is 2. The number of nitrogens with zero attached hydrogens (tertiary/aromatic N) is 1. The molecule has 4 rings (SSSR count). The Morgan fingerprint density at radius 3 is 2.63 bits per heavy atom. The number of carbonyl (C=O) groups excluding carboxylic acids is 2. The number of halogens is 2. The maximum absolute atomic E-state index is 13.4. The van der Waals surface area contributed by atoms with Crippen LogP contribution >= 0.6 is 0 Å². The van der Waals surface area contributed by atoms with E-state index < -0.39 is 17.7 Å². The van der Waals surface area contributed by atoms with E-state index in [0.717, 1.165) is 36.1 Å². The standard InChI is InChI=1S/C21H20F2N2O2/c22-17-8-7-14(9-18(17)23)11-24-21(27)20-16-4-2-1-3-15(16)10-19(26)25(20)12-13-5-6-13/h1-4,7-9,13,20H,5-6,10-12H2,(H,24,27)/t20-/m1/s1. The lowest BCUT2D eigenvalue weighted by Gasteiger charge is -2.36. The highest BCUT2D eigenvalue weighted by molar-refractivity contribution is 5.92. The highest BCUT2D eigenvalue weighted by Crippen LogP contribution is 2.36. The Bertz CT molecular complexity index is 896. The highest BCUT2D eigenvalue weighted by Gasteiger charge is 2.39. The topological polar surface area (TPSA) is 49.4 Å². The summed E-state index contributed by atoms with van der Waals surface area (Å²) < 4.78 is 26.4. The van der Waals surface area contributed by atoms with Crippen molar-refractivity contribution in [1.29, 1.82) is 0 Å². The molecule has 0 bridgehead atoms. The van der Waals surface area contributed by atoms with Crippen LogP contribution in [0.15, 0.2) is 42.5 Å². The van der Waals surface area contributed by atoms with Crippen LogP contribution in [0.2, 0.25) is 0 Å². The van der Waals surface area contributed by atoms with Crippen LogP contribution in [0.5, 0.6) is 0 Å². The van der Waals surface area contributed by atoms with Gasteiger partial charge in [0.25, 0.3) is 0 Å². The van der Waals surface area contributed by atoms with Crippen molar-refractivity contribution in [2.24, 2.45) is 5.92 Å². The van der Waals surface area contributed by atoms with Gasteiger partial charge in [0.2, 0.25) is 11.8 Å². The minimum Gasteiger partial charge on any atom is -0.350 e. The van der Waals surface area contributed by atoms with Gasteiger partial charge in [0.15, 0.2) is 11.6 Å². The normalized spacial score (nSPS) is 19.0. The first-order valence-corrected chi connectivity index (χ1v) is 9.12. The lowest BCUT2D eigenvalue weighted by molar-refractivity contribution is -0.142. The van der Waals surface area contributed by atoms with E-state index in [4.69, 9.17) is 0 Å². The van der Waals surface area contributed by atoms with Gasteiger partial charge < -0.3 is 10.2 Å². The molecule has 1 aliphatic carbocycles. The molecule has 1 heterocycles. The number of rotatable bonds is 5. The van der Waals surface area contributed by atoms with Crippen molar-refractivity contribution in [3.8, 4) is 0 Å². The molecular weight excluding hydrogens is 350 g/mol. The Hall–Kier alpha value is -2.76. The van der Waals surface area contributed by atoms with E-state index in [0.29, 0.717) is 24.4 Å². The molecule has 0 radical (unpaired) electrons. The van der Waals surface area contributed by atoms with Crippen molar-refractivity contribution in [3.63, 3.8) is 0 Å². The van der Waals surface area contributed by atoms with Crippen LogP contribution in [0.4, 0.5) is 8.78 Å². The summed E-state index contributed by atoms with van der Waals surface area (Å²) in [7, 11) is 0. The molecule has 4 nitrogen and oxygen atoms in total. The summed E-state index contributed by atoms with van der Waals surface area (Å²) in [5, 5.41) is 2.78. The van der Waals surface area contributed by atoms with Crippen LogP contribution in [0.3, 0.4) is 0 Å². The van der Waals surface area contributed by atoms with Crippen molar-refractivity contribution in [3.05, 3.63) is 70.8 Å². The van der Waals surface area contributed by atoms with Crippen molar-refractivity contribution in [2.45, 2.75) is 31.8 Å². The minimum atomic E-state index is -0.949. The van der Waals surface area contributed by atoms with Crippen LogP contribution in [0.1, 0.15) is 35.6 Å². The summed E-state index contributed by atoms with van der Waals surface area (Å²) in [5.74, 6) is -1.77. The van der Waals surface area contributed by atoms with Gasteiger partial charge in [-0.3, -0.25) is 9.59 Å². The number of fused-ring (bicyclic) bond motifs is 1. The van der Waals surface area contributed by atoms with Crippen LogP contribution in [0, 0.1) is 17.6 Å². The van der Waals surface area contributed by atoms with Gasteiger partial charge in [-0.05, 0) is 47.6 Å². The van der Waals surface area contributed by atoms with Crippen molar-refractivity contribution in [2.75, 3.05) is 6.54 Å². The fraction of sp³-hybridized carbons (Fsp3) is 0.333. The smallest absolute Gasteiger partial charge is 0.247 e. The number of benzene rings is 2. The molecule has 0 saturated heterocycles. The zero-order valence-electron chi connectivity index (χ0n) is 14.8. The highest BCUT2D eigenvalue weighted by atomic mass is 19.2. The van der Waals surface area contributed by atoms with Crippen LogP contribution in [0.25, 0.3) is 0 Å². The maximum Gasteiger partial charge on any atom is 0.247 e. The van der Waals surface area contributed by atoms with Gasteiger partial charge >= 0.3 is 0 Å². The Morgan fingerprint density at radius 1 is 1.11 bits per heavy atom. The molecule has 27 heavy (non-hydrogen) atoms. The van der Waals surface area contributed by atoms with Gasteiger partial charge in [-0.1, -0.05) is 30.3 Å². The van der Waals surface area contributed by atoms with Gasteiger partial charge in [0, 0.05) is 13.1 Å². The Morgan fingerprint density at radius 2 is 1.89 bits per heavy atom. The lowest BCUT2D eigenvalue weighted by Crippen LogP contribution is -2.48. The molecule has 0 spiro atoms. The summed E-state index contributed by atoms with van der Waals surface area (Å²) >= 11 is 0. The molecule has 1 fully saturated rings. The third-order valence-corrected chi connectivity index (χ3v) is 5.17. The Labute approximate surface area is 156 Å². The lowest BCUT2D eigenvalue weighted by atomic mass is 9.91. The number of carbonyl (C=O) groups is 2. The molecule has 6 heteroatoms. The largest absolute Gasteiger partial charge is 0.350 e. The quantitative estimate of drug-likeness (QED) is 0.879. The minimum absolute atomic E-state index is 0.0476. The second kappa shape index (κ2) is 7.10. The average molecular weight is 370 g/mol. The molecule has 0 aromatic heterocycles. The van der Waals surface area contributed by atoms with Gasteiger partial charge in [-0.2, -0.15) is 0 Å². The van der Waals surface area contributed by atoms with Gasteiger partial charge in [0.1, 0.15) is 6.04 Å². The maximum atomic E-state index is 13.4. The van der Waals surface area contributed by atoms with E-state index in [-0.39, 0.29) is 18.4 Å². The predicted molar refractivity (Wildman–Crippen MR) is 95.5 cm³/mol. The molecule has 1 saturated carbocycles. The van der Waals surface area contributed by atoms with E-state index in [1.807, 2.05) is 24.3 Å². The van der Waals surface area contributed by atoms with Gasteiger partial charge in [-0.15, -0.1) is 0 Å². The fourth-order valence-corrected chi connectivity index (χ4v) is 3.54. The molecule has 2 amide bonds. The zero-order chi connectivity index (χ0) is 19.0. The molecular formula is C21H20F2N2O2. The molecule has 1 atom stereocenters. The van der Waals surface area contributed by atoms with E-state index in [2.05, 4.69) is 5.32 Å². The SMILES string of the molecule is O=C(NCc1ccc(F)c(F)c1)[C@H]1c2ccccc2CC(=O)N1CC1CC1. The summed E-state index contributed by atoms with van der Waals surface area (Å²) in [6.07, 6.45) is 2.46. The van der Waals surface area contributed by atoms with Crippen LogP contribution in [-0.4, -0.2) is 23.3 Å². The predicted octanol–water partition coefficient (Wildman–Crippen LogP) is 3.12. The van der Waals surface area contributed by atoms with E-state index >= 15 is 0 Å². The van der Waals surface area contributed by atoms with E-state index in [1.165, 1.54) is 6.07 Å². The van der Waals surface area contributed by atoms with Crippen LogP contribution in [-0.2, 0) is 22.6 Å². The van der Waals surface area contributed by atoms with E-state index in [1.54, 1.807) is 4.90 Å². The fourth-order valence-electron chi connectivity index (χ4n) is 3.54. The van der Waals surface area contributed by atoms with Gasteiger partial charge in [0.05, 0.1) is 6.42 Å². The summed E-state index contributed by atoms with van der Waals surface area (Å²) in [6.45, 7) is 0.649. The Balaban J connectivity index is 1.56. The monoisotopic (exact) mass is 370 g/mol. The molecule has 1 aliphatic heterocycles. The second-order valence-electron chi connectivity index (χ2n) is 7.23. The van der Waals surface area contributed by atoms with Gasteiger partial charge in [-0.25, -0.2) is 8.78 Å². The number of hydrogen-bond donors (Lipinski definition) is 1. The van der Waals surface area contributed by atoms with E-state index in [9.17, 15) is 18.4 Å². The molecule has 0 unspecified atom stereocenters. The van der Waals surface area contributed by atoms with Crippen molar-refractivity contribution in [1.82, 2.24) is 10.2 Å². The van der Waals surface area contributed by atoms with Crippen molar-refractivity contribution < 1.29 is 18.4 Å². The first-order chi connectivity index (χ1) is 13.0. The van der Waals surface area contributed by atoms with Crippen molar-refractivity contribution >= 4 is 11.8 Å². The summed E-state index contributed by atoms with van der Waals surface area (Å²) in [4.78, 5) is 27.3. The third kappa shape index (κ3) is 3.70. The third-order valence-electron chi connectivity index (χ3n) is 5.17. The molecule has 1 N–H and O–H groups in total. The summed E-state index contributed by atoms with van der Waals surface area (Å²) in [6, 6.07) is 10.3. The zero-order valence-corrected chi connectivity index (χ0v) is 14.8. The molecule has 2 aromatic carbocycles. The van der Waals surface area contributed by atoms with Crippen LogP contribution < -0.4 is 5.32 Å². The first kappa shape index (κ1) is 17.6. The number of nitrogens with one attached hydrogen (secondary N) is 1. The number of amides is 2. The molecule has 140 valence electrons. The Kier molecular flexibility index (Phi) is 4.64. The second-order valence-corrected chi connectivity index (χ2v) is 7.23.